The monoisotopic (exact) mass is 189 g/mol. The first kappa shape index (κ1) is 9.39. The predicted molar refractivity (Wildman–Crippen MR) is 38.6 cm³/mol. The maximum atomic E-state index is 12.7. The maximum Gasteiger partial charge on any atom is 0.199 e. The van der Waals surface area contributed by atoms with Gasteiger partial charge in [0.25, 0.3) is 0 Å². The van der Waals surface area contributed by atoms with Gasteiger partial charge in [0.15, 0.2) is 23.3 Å². The Bertz CT molecular complexity index is 377. The van der Waals surface area contributed by atoms with Crippen LogP contribution >= 0.6 is 0 Å². The van der Waals surface area contributed by atoms with Crippen LogP contribution in [-0.2, 0) is 0 Å². The average molecular weight is 189 g/mol. The van der Waals surface area contributed by atoms with E-state index in [1.54, 1.807) is 5.92 Å². The van der Waals surface area contributed by atoms with Gasteiger partial charge < -0.3 is 5.73 Å². The highest BCUT2D eigenvalue weighted by molar-refractivity contribution is 5.57. The Hall–Kier alpha value is -1.70. The molecule has 0 aliphatic carbocycles. The summed E-state index contributed by atoms with van der Waals surface area (Å²) >= 11 is 0. The van der Waals surface area contributed by atoms with Gasteiger partial charge in [0.05, 0.1) is 11.3 Å². The summed E-state index contributed by atoms with van der Waals surface area (Å²) < 4.78 is 50.2. The largest absolute Gasteiger partial charge is 0.395 e. The van der Waals surface area contributed by atoms with Crippen molar-refractivity contribution in [3.63, 3.8) is 0 Å². The quantitative estimate of drug-likeness (QED) is 0.217. The molecule has 1 aromatic rings. The Morgan fingerprint density at radius 3 is 1.85 bits per heavy atom. The SMILES string of the molecule is C#Cc1c(N)c(F)c(F)c(F)c1F. The van der Waals surface area contributed by atoms with E-state index in [9.17, 15) is 17.6 Å². The normalized spacial score (nSPS) is 9.77. The van der Waals surface area contributed by atoms with E-state index in [1.165, 1.54) is 0 Å². The molecular formula is C8H3F4N. The van der Waals surface area contributed by atoms with E-state index in [2.05, 4.69) is 0 Å². The Labute approximate surface area is 71.2 Å². The minimum Gasteiger partial charge on any atom is -0.395 e. The third-order valence-electron chi connectivity index (χ3n) is 1.45. The fourth-order valence-corrected chi connectivity index (χ4v) is 0.790. The van der Waals surface area contributed by atoms with Gasteiger partial charge in [-0.05, 0) is 0 Å². The summed E-state index contributed by atoms with van der Waals surface area (Å²) in [4.78, 5) is 0. The predicted octanol–water partition coefficient (Wildman–Crippen LogP) is 1.81. The molecule has 0 spiro atoms. The van der Waals surface area contributed by atoms with E-state index < -0.39 is 34.5 Å². The van der Waals surface area contributed by atoms with Crippen LogP contribution in [0.1, 0.15) is 5.56 Å². The lowest BCUT2D eigenvalue weighted by molar-refractivity contribution is 0.410. The summed E-state index contributed by atoms with van der Waals surface area (Å²) in [5.41, 5.74) is 3.19. The topological polar surface area (TPSA) is 26.0 Å². The molecule has 68 valence electrons. The van der Waals surface area contributed by atoms with Gasteiger partial charge in [-0.25, -0.2) is 17.6 Å². The molecule has 0 bridgehead atoms. The molecular weight excluding hydrogens is 186 g/mol. The first-order chi connectivity index (χ1) is 6.00. The van der Waals surface area contributed by atoms with Crippen molar-refractivity contribution >= 4 is 5.69 Å². The molecule has 1 aromatic carbocycles. The van der Waals surface area contributed by atoms with Gasteiger partial charge in [0.2, 0.25) is 0 Å². The van der Waals surface area contributed by atoms with Crippen LogP contribution < -0.4 is 5.73 Å². The second-order valence-electron chi connectivity index (χ2n) is 2.19. The Kier molecular flexibility index (Phi) is 2.15. The van der Waals surface area contributed by atoms with Crippen molar-refractivity contribution in [3.8, 4) is 12.3 Å². The van der Waals surface area contributed by atoms with Crippen LogP contribution in [0.5, 0.6) is 0 Å². The van der Waals surface area contributed by atoms with Crippen LogP contribution in [0.25, 0.3) is 0 Å². The highest BCUT2D eigenvalue weighted by Gasteiger charge is 2.22. The molecule has 0 saturated heterocycles. The van der Waals surface area contributed by atoms with E-state index >= 15 is 0 Å². The van der Waals surface area contributed by atoms with Crippen molar-refractivity contribution in [3.05, 3.63) is 28.8 Å². The molecule has 0 aliphatic rings. The summed E-state index contributed by atoms with van der Waals surface area (Å²) in [5.74, 6) is -5.62. The molecule has 0 atom stereocenters. The number of nitrogens with two attached hydrogens (primary N) is 1. The lowest BCUT2D eigenvalue weighted by Crippen LogP contribution is -2.05. The number of anilines is 1. The second kappa shape index (κ2) is 2.98. The number of nitrogen functional groups attached to an aromatic ring is 1. The van der Waals surface area contributed by atoms with Gasteiger partial charge in [-0.3, -0.25) is 0 Å². The smallest absolute Gasteiger partial charge is 0.199 e. The van der Waals surface area contributed by atoms with Crippen LogP contribution in [0.15, 0.2) is 0 Å². The molecule has 0 aromatic heterocycles. The Balaban J connectivity index is 3.69. The molecule has 0 radical (unpaired) electrons. The van der Waals surface area contributed by atoms with Crippen molar-refractivity contribution in [1.29, 1.82) is 0 Å². The van der Waals surface area contributed by atoms with Gasteiger partial charge in [0.1, 0.15) is 0 Å². The number of hydrogen-bond acceptors (Lipinski definition) is 1. The van der Waals surface area contributed by atoms with Crippen LogP contribution in [0, 0.1) is 35.6 Å². The number of hydrogen-bond donors (Lipinski definition) is 1. The Morgan fingerprint density at radius 1 is 0.923 bits per heavy atom. The van der Waals surface area contributed by atoms with Crippen LogP contribution in [0.3, 0.4) is 0 Å². The van der Waals surface area contributed by atoms with Crippen molar-refractivity contribution in [1.82, 2.24) is 0 Å². The van der Waals surface area contributed by atoms with Crippen molar-refractivity contribution in [2.75, 3.05) is 5.73 Å². The lowest BCUT2D eigenvalue weighted by Gasteiger charge is -2.04. The number of rotatable bonds is 0. The number of benzene rings is 1. The summed E-state index contributed by atoms with van der Waals surface area (Å²) in [6.07, 6.45) is 4.71. The van der Waals surface area contributed by atoms with E-state index in [1.807, 2.05) is 0 Å². The summed E-state index contributed by atoms with van der Waals surface area (Å²) in [7, 11) is 0. The van der Waals surface area contributed by atoms with Crippen molar-refractivity contribution < 1.29 is 17.6 Å². The van der Waals surface area contributed by atoms with Crippen molar-refractivity contribution in [2.45, 2.75) is 0 Å². The molecule has 0 aliphatic heterocycles. The Morgan fingerprint density at radius 2 is 1.38 bits per heavy atom. The number of terminal acetylenes is 1. The van der Waals surface area contributed by atoms with Gasteiger partial charge in [0, 0.05) is 0 Å². The zero-order valence-corrected chi connectivity index (χ0v) is 6.17. The van der Waals surface area contributed by atoms with Gasteiger partial charge >= 0.3 is 0 Å². The zero-order valence-electron chi connectivity index (χ0n) is 6.17. The lowest BCUT2D eigenvalue weighted by atomic mass is 10.1. The number of halogens is 4. The van der Waals surface area contributed by atoms with E-state index in [-0.39, 0.29) is 0 Å². The molecule has 0 saturated carbocycles. The van der Waals surface area contributed by atoms with Gasteiger partial charge in [-0.1, -0.05) is 5.92 Å². The molecule has 0 fully saturated rings. The second-order valence-corrected chi connectivity index (χ2v) is 2.19. The van der Waals surface area contributed by atoms with Crippen LogP contribution in [-0.4, -0.2) is 0 Å². The molecule has 1 rings (SSSR count). The molecule has 1 nitrogen and oxygen atoms in total. The summed E-state index contributed by atoms with van der Waals surface area (Å²) in [6, 6.07) is 0. The van der Waals surface area contributed by atoms with Crippen LogP contribution in [0.4, 0.5) is 23.2 Å². The maximum absolute atomic E-state index is 12.7. The molecule has 0 heterocycles. The minimum absolute atomic E-state index is 0.809. The molecule has 5 heteroatoms. The van der Waals surface area contributed by atoms with Crippen LogP contribution in [0.2, 0.25) is 0 Å². The van der Waals surface area contributed by atoms with Gasteiger partial charge in [-0.15, -0.1) is 6.42 Å². The summed E-state index contributed by atoms with van der Waals surface area (Å²) in [6.45, 7) is 0. The minimum atomic E-state index is -1.96. The first-order valence-electron chi connectivity index (χ1n) is 3.08. The van der Waals surface area contributed by atoms with Crippen molar-refractivity contribution in [2.24, 2.45) is 0 Å². The zero-order chi connectivity index (χ0) is 10.2. The molecule has 0 unspecified atom stereocenters. The third-order valence-corrected chi connectivity index (χ3v) is 1.45. The summed E-state index contributed by atoms with van der Waals surface area (Å²) in [5, 5.41) is 0. The third kappa shape index (κ3) is 1.20. The van der Waals surface area contributed by atoms with E-state index in [0.717, 1.165) is 0 Å². The molecule has 13 heavy (non-hydrogen) atoms. The molecule has 0 amide bonds. The van der Waals surface area contributed by atoms with E-state index in [4.69, 9.17) is 12.2 Å². The highest BCUT2D eigenvalue weighted by atomic mass is 19.2. The average Bonchev–Trinajstić information content (AvgIpc) is 2.13. The molecule has 2 N–H and O–H groups in total. The standard InChI is InChI=1S/C8H3F4N/c1-2-3-4(9)5(10)6(11)7(12)8(3)13/h1H,13H2. The fourth-order valence-electron chi connectivity index (χ4n) is 0.790. The van der Waals surface area contributed by atoms with E-state index in [0.29, 0.717) is 0 Å². The highest BCUT2D eigenvalue weighted by Crippen LogP contribution is 2.24. The first-order valence-corrected chi connectivity index (χ1v) is 3.08. The van der Waals surface area contributed by atoms with Gasteiger partial charge in [-0.2, -0.15) is 0 Å². The fraction of sp³-hybridized carbons (Fsp3) is 0.